The Balaban J connectivity index is 2.43. The van der Waals surface area contributed by atoms with E-state index in [-0.39, 0.29) is 22.0 Å². The predicted octanol–water partition coefficient (Wildman–Crippen LogP) is 1.59. The topological polar surface area (TPSA) is 63.4 Å². The molecule has 4 nitrogen and oxygen atoms in total. The van der Waals surface area contributed by atoms with E-state index in [4.69, 9.17) is 17.3 Å². The molecule has 1 aromatic rings. The maximum atomic E-state index is 12.9. The van der Waals surface area contributed by atoms with E-state index in [1.807, 2.05) is 0 Å². The smallest absolute Gasteiger partial charge is 0.244 e. The van der Waals surface area contributed by atoms with E-state index in [1.165, 1.54) is 10.4 Å². The van der Waals surface area contributed by atoms with E-state index in [1.54, 1.807) is 6.92 Å². The normalized spacial score (nSPS) is 25.6. The van der Waals surface area contributed by atoms with Gasteiger partial charge in [0.15, 0.2) is 0 Å². The Bertz CT molecular complexity index is 564. The van der Waals surface area contributed by atoms with E-state index in [2.05, 4.69) is 0 Å². The van der Waals surface area contributed by atoms with E-state index in [0.717, 1.165) is 12.1 Å². The van der Waals surface area contributed by atoms with Crippen LogP contribution in [0, 0.1) is 5.82 Å². The molecule has 2 atom stereocenters. The van der Waals surface area contributed by atoms with Gasteiger partial charge < -0.3 is 5.73 Å². The fourth-order valence-corrected chi connectivity index (χ4v) is 4.28. The second kappa shape index (κ2) is 4.77. The molecule has 1 aliphatic heterocycles. The molecule has 18 heavy (non-hydrogen) atoms. The van der Waals surface area contributed by atoms with E-state index >= 15 is 0 Å². The van der Waals surface area contributed by atoms with Crippen molar-refractivity contribution in [2.24, 2.45) is 5.73 Å². The molecule has 0 bridgehead atoms. The molecule has 1 saturated heterocycles. The van der Waals surface area contributed by atoms with Gasteiger partial charge in [-0.05, 0) is 31.5 Å². The maximum absolute atomic E-state index is 12.9. The summed E-state index contributed by atoms with van der Waals surface area (Å²) >= 11 is 5.80. The van der Waals surface area contributed by atoms with Crippen molar-refractivity contribution in [3.63, 3.8) is 0 Å². The fraction of sp³-hybridized carbons (Fsp3) is 0.455. The van der Waals surface area contributed by atoms with Gasteiger partial charge in [0, 0.05) is 18.6 Å². The van der Waals surface area contributed by atoms with Gasteiger partial charge in [-0.25, -0.2) is 12.8 Å². The van der Waals surface area contributed by atoms with Gasteiger partial charge in [-0.2, -0.15) is 4.31 Å². The molecule has 1 aromatic carbocycles. The summed E-state index contributed by atoms with van der Waals surface area (Å²) in [5, 5.41) is -0.109. The molecular formula is C11H14ClFN2O2S. The summed E-state index contributed by atoms with van der Waals surface area (Å²) in [5.41, 5.74) is 5.81. The number of benzene rings is 1. The van der Waals surface area contributed by atoms with Crippen LogP contribution in [0.3, 0.4) is 0 Å². The third kappa shape index (κ3) is 2.25. The van der Waals surface area contributed by atoms with Gasteiger partial charge in [0.05, 0.1) is 5.02 Å². The summed E-state index contributed by atoms with van der Waals surface area (Å²) in [4.78, 5) is -0.0773. The summed E-state index contributed by atoms with van der Waals surface area (Å²) in [5.74, 6) is -0.565. The Morgan fingerprint density at radius 1 is 1.50 bits per heavy atom. The van der Waals surface area contributed by atoms with Crippen molar-refractivity contribution in [2.75, 3.05) is 6.54 Å². The molecule has 0 saturated carbocycles. The summed E-state index contributed by atoms with van der Waals surface area (Å²) in [6.45, 7) is 2.12. The minimum absolute atomic E-state index is 0.0773. The minimum atomic E-state index is -3.71. The predicted molar refractivity (Wildman–Crippen MR) is 67.4 cm³/mol. The van der Waals surface area contributed by atoms with Gasteiger partial charge >= 0.3 is 0 Å². The number of sulfonamides is 1. The lowest BCUT2D eigenvalue weighted by Gasteiger charge is -2.23. The zero-order valence-corrected chi connectivity index (χ0v) is 11.4. The van der Waals surface area contributed by atoms with Gasteiger partial charge in [-0.1, -0.05) is 11.6 Å². The van der Waals surface area contributed by atoms with Crippen LogP contribution in [0.15, 0.2) is 23.1 Å². The molecule has 0 radical (unpaired) electrons. The number of hydrogen-bond acceptors (Lipinski definition) is 3. The Morgan fingerprint density at radius 3 is 2.67 bits per heavy atom. The zero-order valence-electron chi connectivity index (χ0n) is 9.81. The molecule has 0 spiro atoms. The number of nitrogens with zero attached hydrogens (tertiary/aromatic N) is 1. The van der Waals surface area contributed by atoms with Gasteiger partial charge in [-0.15, -0.1) is 0 Å². The fourth-order valence-electron chi connectivity index (χ4n) is 2.08. The van der Waals surface area contributed by atoms with E-state index in [0.29, 0.717) is 13.0 Å². The lowest BCUT2D eigenvalue weighted by atomic mass is 10.2. The standard InChI is InChI=1S/C11H14ClFN2O2S/c1-7-10(14)4-5-15(7)18(16,17)11-3-2-8(13)6-9(11)12/h2-3,6-7,10H,4-5,14H2,1H3. The van der Waals surface area contributed by atoms with E-state index < -0.39 is 15.8 Å². The van der Waals surface area contributed by atoms with Crippen molar-refractivity contribution in [3.8, 4) is 0 Å². The Morgan fingerprint density at radius 2 is 2.17 bits per heavy atom. The quantitative estimate of drug-likeness (QED) is 0.900. The van der Waals surface area contributed by atoms with Crippen molar-refractivity contribution in [1.29, 1.82) is 0 Å². The summed E-state index contributed by atoms with van der Waals surface area (Å²) in [6, 6.07) is 2.80. The van der Waals surface area contributed by atoms with Crippen LogP contribution >= 0.6 is 11.6 Å². The minimum Gasteiger partial charge on any atom is -0.326 e. The SMILES string of the molecule is CC1C(N)CCN1S(=O)(=O)c1ccc(F)cc1Cl. The number of nitrogens with two attached hydrogens (primary N) is 1. The Kier molecular flexibility index (Phi) is 3.64. The molecule has 2 rings (SSSR count). The Hall–Kier alpha value is -0.690. The monoisotopic (exact) mass is 292 g/mol. The van der Waals surface area contributed by atoms with Crippen molar-refractivity contribution in [1.82, 2.24) is 4.31 Å². The highest BCUT2D eigenvalue weighted by Gasteiger charge is 2.38. The van der Waals surface area contributed by atoms with Crippen molar-refractivity contribution in [2.45, 2.75) is 30.3 Å². The lowest BCUT2D eigenvalue weighted by molar-refractivity contribution is 0.393. The van der Waals surface area contributed by atoms with Crippen molar-refractivity contribution >= 4 is 21.6 Å². The average Bonchev–Trinajstić information content (AvgIpc) is 2.59. The van der Waals surface area contributed by atoms with Crippen LogP contribution in [-0.2, 0) is 10.0 Å². The highest BCUT2D eigenvalue weighted by Crippen LogP contribution is 2.29. The lowest BCUT2D eigenvalue weighted by Crippen LogP contribution is -2.40. The molecule has 0 aromatic heterocycles. The average molecular weight is 293 g/mol. The van der Waals surface area contributed by atoms with Crippen LogP contribution in [0.5, 0.6) is 0 Å². The number of rotatable bonds is 2. The zero-order chi connectivity index (χ0) is 13.5. The first-order valence-corrected chi connectivity index (χ1v) is 7.38. The first-order valence-electron chi connectivity index (χ1n) is 5.56. The van der Waals surface area contributed by atoms with Crippen molar-refractivity contribution < 1.29 is 12.8 Å². The van der Waals surface area contributed by atoms with Crippen LogP contribution in [-0.4, -0.2) is 31.4 Å². The molecule has 0 amide bonds. The van der Waals surface area contributed by atoms with Crippen LogP contribution in [0.4, 0.5) is 4.39 Å². The van der Waals surface area contributed by atoms with Crippen LogP contribution in [0.2, 0.25) is 5.02 Å². The first kappa shape index (κ1) is 13.7. The molecule has 1 heterocycles. The highest BCUT2D eigenvalue weighted by atomic mass is 35.5. The highest BCUT2D eigenvalue weighted by molar-refractivity contribution is 7.89. The molecule has 0 aliphatic carbocycles. The summed E-state index contributed by atoms with van der Waals surface area (Å²) < 4.78 is 39.0. The molecule has 1 fully saturated rings. The molecule has 1 aliphatic rings. The van der Waals surface area contributed by atoms with Crippen molar-refractivity contribution in [3.05, 3.63) is 29.0 Å². The largest absolute Gasteiger partial charge is 0.326 e. The molecule has 7 heteroatoms. The number of halogens is 2. The third-order valence-electron chi connectivity index (χ3n) is 3.24. The van der Waals surface area contributed by atoms with Crippen LogP contribution in [0.1, 0.15) is 13.3 Å². The molecule has 2 N–H and O–H groups in total. The van der Waals surface area contributed by atoms with Crippen LogP contribution in [0.25, 0.3) is 0 Å². The van der Waals surface area contributed by atoms with Crippen LogP contribution < -0.4 is 5.73 Å². The van der Waals surface area contributed by atoms with Gasteiger partial charge in [0.25, 0.3) is 0 Å². The molecular weight excluding hydrogens is 279 g/mol. The summed E-state index contributed by atoms with van der Waals surface area (Å²) in [7, 11) is -3.71. The van der Waals surface area contributed by atoms with Gasteiger partial charge in [-0.3, -0.25) is 0 Å². The van der Waals surface area contributed by atoms with Gasteiger partial charge in [0.2, 0.25) is 10.0 Å². The first-order chi connectivity index (χ1) is 8.34. The summed E-state index contributed by atoms with van der Waals surface area (Å²) in [6.07, 6.45) is 0.610. The van der Waals surface area contributed by atoms with E-state index in [9.17, 15) is 12.8 Å². The maximum Gasteiger partial charge on any atom is 0.244 e. The number of hydrogen-bond donors (Lipinski definition) is 1. The second-order valence-electron chi connectivity index (χ2n) is 4.38. The molecule has 2 unspecified atom stereocenters. The third-order valence-corrected chi connectivity index (χ3v) is 5.71. The Labute approximate surface area is 111 Å². The second-order valence-corrected chi connectivity index (χ2v) is 6.65. The molecule has 100 valence electrons. The van der Waals surface area contributed by atoms with Gasteiger partial charge in [0.1, 0.15) is 10.7 Å².